The Morgan fingerprint density at radius 1 is 1.26 bits per heavy atom. The van der Waals surface area contributed by atoms with Gasteiger partial charge in [0.25, 0.3) is 0 Å². The second-order valence-electron chi connectivity index (χ2n) is 8.47. The number of hydrogen-bond acceptors (Lipinski definition) is 7. The quantitative estimate of drug-likeness (QED) is 0.0658. The van der Waals surface area contributed by atoms with Gasteiger partial charge in [-0.25, -0.2) is 14.9 Å². The zero-order chi connectivity index (χ0) is 27.4. The van der Waals surface area contributed by atoms with Crippen LogP contribution in [0.2, 0.25) is 0 Å². The summed E-state index contributed by atoms with van der Waals surface area (Å²) < 4.78 is 0. The molecule has 3 rings (SSSR count). The number of nitrogens with zero attached hydrogens (tertiary/aromatic N) is 2. The van der Waals surface area contributed by atoms with Crippen LogP contribution in [-0.2, 0) is 19.2 Å². The van der Waals surface area contributed by atoms with E-state index < -0.39 is 35.0 Å². The lowest BCUT2D eigenvalue weighted by atomic mass is 10.1. The minimum atomic E-state index is -1.16. The highest BCUT2D eigenvalue weighted by atomic mass is 35.5. The van der Waals surface area contributed by atoms with Crippen LogP contribution in [0.1, 0.15) is 38.5 Å². The van der Waals surface area contributed by atoms with Gasteiger partial charge < -0.3 is 31.7 Å². The molecule has 210 valence electrons. The maximum Gasteiger partial charge on any atom is 0.326 e. The summed E-state index contributed by atoms with van der Waals surface area (Å²) in [5.74, 6) is -2.35. The van der Waals surface area contributed by atoms with Crippen molar-refractivity contribution in [3.05, 3.63) is 40.4 Å². The van der Waals surface area contributed by atoms with Gasteiger partial charge in [-0.2, -0.15) is 0 Å². The Labute approximate surface area is 224 Å². The third-order valence-electron chi connectivity index (χ3n) is 5.73. The molecular formula is C22H33ClN8O7. The predicted molar refractivity (Wildman–Crippen MR) is 139 cm³/mol. The number of nitro groups is 1. The van der Waals surface area contributed by atoms with Crippen LogP contribution in [-0.4, -0.2) is 75.9 Å². The number of carboxylic acids is 1. The lowest BCUT2D eigenvalue weighted by Crippen LogP contribution is -2.54. The number of carboxylic acid groups (broad SMARTS) is 1. The summed E-state index contributed by atoms with van der Waals surface area (Å²) in [6.07, 6.45) is 2.36. The van der Waals surface area contributed by atoms with Crippen molar-refractivity contribution in [1.82, 2.24) is 20.9 Å². The van der Waals surface area contributed by atoms with Gasteiger partial charge in [-0.15, -0.1) is 17.8 Å². The fourth-order valence-electron chi connectivity index (χ4n) is 3.98. The summed E-state index contributed by atoms with van der Waals surface area (Å²) in [5, 5.41) is 33.3. The number of likely N-dealkylation sites (tertiary alicyclic amines) is 1. The van der Waals surface area contributed by atoms with E-state index in [0.717, 1.165) is 0 Å². The summed E-state index contributed by atoms with van der Waals surface area (Å²) in [5.41, 5.74) is 7.68. The van der Waals surface area contributed by atoms with Crippen molar-refractivity contribution in [2.45, 2.75) is 56.7 Å². The van der Waals surface area contributed by atoms with E-state index in [1.165, 1.54) is 4.90 Å². The second-order valence-corrected chi connectivity index (χ2v) is 8.47. The predicted octanol–water partition coefficient (Wildman–Crippen LogP) is -0.199. The summed E-state index contributed by atoms with van der Waals surface area (Å²) in [6, 6.07) is 6.08. The smallest absolute Gasteiger partial charge is 0.326 e. The largest absolute Gasteiger partial charge is 0.480 e. The van der Waals surface area contributed by atoms with Crippen molar-refractivity contribution in [3.8, 4) is 0 Å². The first-order valence-electron chi connectivity index (χ1n) is 11.8. The first-order valence-corrected chi connectivity index (χ1v) is 11.8. The highest BCUT2D eigenvalue weighted by Crippen LogP contribution is 2.21. The van der Waals surface area contributed by atoms with E-state index in [2.05, 4.69) is 16.0 Å². The van der Waals surface area contributed by atoms with Crippen LogP contribution in [0.3, 0.4) is 0 Å². The Kier molecular flexibility index (Phi) is 13.3. The van der Waals surface area contributed by atoms with E-state index in [1.807, 2.05) is 5.43 Å². The fourth-order valence-corrected chi connectivity index (χ4v) is 3.98. The maximum atomic E-state index is 12.6. The number of carbonyl (C=O) groups is 4. The molecule has 2 aliphatic rings. The Bertz CT molecular complexity index is 997. The number of rotatable bonds is 10. The molecule has 1 unspecified atom stereocenters. The highest BCUT2D eigenvalue weighted by molar-refractivity contribution is 5.95. The molecule has 38 heavy (non-hydrogen) atoms. The number of hydrazine groups is 1. The molecule has 1 aromatic carbocycles. The molecule has 0 radical (unpaired) electrons. The summed E-state index contributed by atoms with van der Waals surface area (Å²) in [7, 11) is 0. The number of benzene rings is 1. The zero-order valence-corrected chi connectivity index (χ0v) is 21.4. The van der Waals surface area contributed by atoms with Crippen molar-refractivity contribution in [1.29, 1.82) is 5.41 Å². The number of anilines is 1. The van der Waals surface area contributed by atoms with Crippen molar-refractivity contribution in [3.63, 3.8) is 0 Å². The second kappa shape index (κ2) is 15.9. The molecule has 15 nitrogen and oxygen atoms in total. The van der Waals surface area contributed by atoms with Gasteiger partial charge in [0.1, 0.15) is 23.8 Å². The topological polar surface area (TPSA) is 233 Å². The van der Waals surface area contributed by atoms with Crippen molar-refractivity contribution in [2.75, 3.05) is 18.5 Å². The number of amides is 3. The number of nitrogens with one attached hydrogen (secondary N) is 5. The third kappa shape index (κ3) is 10.5. The molecule has 0 aromatic heterocycles. The van der Waals surface area contributed by atoms with Gasteiger partial charge in [0.15, 0.2) is 11.0 Å². The van der Waals surface area contributed by atoms with Crippen LogP contribution >= 0.6 is 12.4 Å². The molecular weight excluding hydrogens is 524 g/mol. The Morgan fingerprint density at radius 2 is 1.95 bits per heavy atom. The van der Waals surface area contributed by atoms with Crippen molar-refractivity contribution < 1.29 is 29.3 Å². The van der Waals surface area contributed by atoms with Gasteiger partial charge in [0.2, 0.25) is 17.7 Å². The first kappa shape index (κ1) is 31.9. The zero-order valence-electron chi connectivity index (χ0n) is 20.6. The molecule has 2 aliphatic heterocycles. The SMILES string of the molecule is Cl.N=C(N)NCCCC(NC(=O)[C@@H]1CCCN1C(=O)[C@@H]1CCC(=O)N1)C(=O)O.O=[N+]([O-])Nc1ccccc1. The minimum absolute atomic E-state index is 0. The molecule has 3 amide bonds. The molecule has 8 N–H and O–H groups in total. The molecule has 1 aromatic rings. The first-order chi connectivity index (χ1) is 17.6. The lowest BCUT2D eigenvalue weighted by Gasteiger charge is -2.27. The standard InChI is InChI=1S/C16H26N6O5.C6H6N2O2.ClH/c17-16(18)19-7-1-3-10(15(26)27)21-13(24)11-4-2-8-22(11)14(25)9-5-6-12(23)20-9;9-8(10)7-6-4-2-1-3-5-6;/h9-11H,1-8H2,(H,20,23)(H,21,24)(H,26,27)(H4,17,18,19);1-5,7H;1H/t9-,10?,11-;;/m0../s1. The van der Waals surface area contributed by atoms with Gasteiger partial charge in [-0.1, -0.05) is 18.2 Å². The van der Waals surface area contributed by atoms with E-state index in [1.54, 1.807) is 30.3 Å². The summed E-state index contributed by atoms with van der Waals surface area (Å²) in [4.78, 5) is 59.2. The molecule has 0 bridgehead atoms. The number of para-hydroxylation sites is 1. The minimum Gasteiger partial charge on any atom is -0.480 e. The van der Waals surface area contributed by atoms with Gasteiger partial charge in [0, 0.05) is 19.5 Å². The fraction of sp³-hybridized carbons (Fsp3) is 0.500. The van der Waals surface area contributed by atoms with Crippen molar-refractivity contribution in [2.24, 2.45) is 5.73 Å². The van der Waals surface area contributed by atoms with Crippen LogP contribution in [0.25, 0.3) is 0 Å². The summed E-state index contributed by atoms with van der Waals surface area (Å²) >= 11 is 0. The van der Waals surface area contributed by atoms with E-state index in [0.29, 0.717) is 44.5 Å². The van der Waals surface area contributed by atoms with Crippen LogP contribution in [0.15, 0.2) is 30.3 Å². The normalized spacial score (nSPS) is 18.5. The van der Waals surface area contributed by atoms with Crippen LogP contribution in [0.5, 0.6) is 0 Å². The lowest BCUT2D eigenvalue weighted by molar-refractivity contribution is -0.445. The molecule has 2 saturated heterocycles. The third-order valence-corrected chi connectivity index (χ3v) is 5.73. The number of halogens is 1. The average molecular weight is 557 g/mol. The average Bonchev–Trinajstić information content (AvgIpc) is 3.50. The van der Waals surface area contributed by atoms with Crippen molar-refractivity contribution >= 4 is 47.7 Å². The molecule has 0 spiro atoms. The van der Waals surface area contributed by atoms with E-state index in [9.17, 15) is 34.4 Å². The maximum absolute atomic E-state index is 12.6. The number of hydrogen-bond donors (Lipinski definition) is 7. The number of aliphatic carboxylic acids is 1. The van der Waals surface area contributed by atoms with E-state index in [-0.39, 0.29) is 43.0 Å². The molecule has 3 atom stereocenters. The van der Waals surface area contributed by atoms with Gasteiger partial charge in [-0.05, 0) is 44.2 Å². The highest BCUT2D eigenvalue weighted by Gasteiger charge is 2.40. The monoisotopic (exact) mass is 556 g/mol. The Hall–Kier alpha value is -4.14. The number of carbonyl (C=O) groups excluding carboxylic acids is 3. The number of guanidine groups is 1. The van der Waals surface area contributed by atoms with Gasteiger partial charge >= 0.3 is 5.97 Å². The van der Waals surface area contributed by atoms with Gasteiger partial charge in [0.05, 0.1) is 0 Å². The van der Waals surface area contributed by atoms with Gasteiger partial charge in [-0.3, -0.25) is 19.8 Å². The van der Waals surface area contributed by atoms with E-state index >= 15 is 0 Å². The number of nitrogens with two attached hydrogens (primary N) is 1. The Morgan fingerprint density at radius 3 is 2.50 bits per heavy atom. The summed E-state index contributed by atoms with van der Waals surface area (Å²) in [6.45, 7) is 0.730. The Balaban J connectivity index is 0.000000551. The van der Waals surface area contributed by atoms with E-state index in [4.69, 9.17) is 11.1 Å². The van der Waals surface area contributed by atoms with Crippen LogP contribution in [0, 0.1) is 15.5 Å². The van der Waals surface area contributed by atoms with Crippen LogP contribution in [0.4, 0.5) is 5.69 Å². The molecule has 2 fully saturated rings. The molecule has 16 heteroatoms. The molecule has 0 saturated carbocycles. The molecule has 0 aliphatic carbocycles. The molecule has 2 heterocycles. The van der Waals surface area contributed by atoms with Crippen LogP contribution < -0.4 is 27.1 Å².